The van der Waals surface area contributed by atoms with E-state index in [0.717, 1.165) is 18.2 Å². The first-order valence-corrected chi connectivity index (χ1v) is 6.51. The van der Waals surface area contributed by atoms with Crippen LogP contribution in [-0.2, 0) is 0 Å². The number of amides is 1. The van der Waals surface area contributed by atoms with E-state index in [0.29, 0.717) is 5.56 Å². The van der Waals surface area contributed by atoms with Crippen molar-refractivity contribution in [1.29, 1.82) is 0 Å². The van der Waals surface area contributed by atoms with Gasteiger partial charge in [-0.15, -0.1) is 0 Å². The number of benzene rings is 2. The van der Waals surface area contributed by atoms with Crippen LogP contribution in [0.3, 0.4) is 0 Å². The first kappa shape index (κ1) is 15.9. The van der Waals surface area contributed by atoms with Gasteiger partial charge < -0.3 is 10.1 Å². The third-order valence-corrected chi connectivity index (χ3v) is 3.21. The zero-order valence-corrected chi connectivity index (χ0v) is 12.0. The average molecular weight is 309 g/mol. The molecule has 2 aromatic carbocycles. The lowest BCUT2D eigenvalue weighted by Gasteiger charge is -2.15. The standard InChI is InChI=1S/C16H14F3NO2/c1-9(10-3-5-12(17)13(18)7-10)20-16(21)11-4-6-15(22-2)14(19)8-11/h3-9H,1-2H3,(H,20,21). The summed E-state index contributed by atoms with van der Waals surface area (Å²) in [5, 5.41) is 2.59. The first-order chi connectivity index (χ1) is 10.4. The molecule has 1 unspecified atom stereocenters. The fourth-order valence-electron chi connectivity index (χ4n) is 1.95. The molecular weight excluding hydrogens is 295 g/mol. The van der Waals surface area contributed by atoms with Gasteiger partial charge in [0.1, 0.15) is 0 Å². The van der Waals surface area contributed by atoms with Crippen molar-refractivity contribution in [2.45, 2.75) is 13.0 Å². The van der Waals surface area contributed by atoms with Gasteiger partial charge in [-0.2, -0.15) is 0 Å². The molecule has 3 nitrogen and oxygen atoms in total. The van der Waals surface area contributed by atoms with Crippen LogP contribution < -0.4 is 10.1 Å². The number of hydrogen-bond acceptors (Lipinski definition) is 2. The zero-order valence-electron chi connectivity index (χ0n) is 12.0. The number of rotatable bonds is 4. The lowest BCUT2D eigenvalue weighted by atomic mass is 10.1. The summed E-state index contributed by atoms with van der Waals surface area (Å²) in [6, 6.07) is 6.61. The highest BCUT2D eigenvalue weighted by Crippen LogP contribution is 2.19. The molecule has 116 valence electrons. The van der Waals surface area contributed by atoms with Crippen LogP contribution in [0.1, 0.15) is 28.9 Å². The summed E-state index contributed by atoms with van der Waals surface area (Å²) < 4.78 is 44.4. The summed E-state index contributed by atoms with van der Waals surface area (Å²) in [5.41, 5.74) is 0.508. The van der Waals surface area contributed by atoms with Crippen molar-refractivity contribution in [1.82, 2.24) is 5.32 Å². The maximum Gasteiger partial charge on any atom is 0.251 e. The van der Waals surface area contributed by atoms with Gasteiger partial charge in [-0.05, 0) is 42.8 Å². The van der Waals surface area contributed by atoms with Gasteiger partial charge >= 0.3 is 0 Å². The molecule has 0 heterocycles. The lowest BCUT2D eigenvalue weighted by Crippen LogP contribution is -2.26. The lowest BCUT2D eigenvalue weighted by molar-refractivity contribution is 0.0939. The van der Waals surface area contributed by atoms with E-state index in [-0.39, 0.29) is 11.3 Å². The van der Waals surface area contributed by atoms with Gasteiger partial charge in [-0.1, -0.05) is 6.07 Å². The summed E-state index contributed by atoms with van der Waals surface area (Å²) in [7, 11) is 1.32. The van der Waals surface area contributed by atoms with Crippen molar-refractivity contribution >= 4 is 5.91 Å². The molecule has 0 aromatic heterocycles. The Balaban J connectivity index is 2.13. The summed E-state index contributed by atoms with van der Waals surface area (Å²) >= 11 is 0. The molecule has 0 radical (unpaired) electrons. The van der Waals surface area contributed by atoms with E-state index in [9.17, 15) is 18.0 Å². The van der Waals surface area contributed by atoms with Gasteiger partial charge in [0, 0.05) is 5.56 Å². The van der Waals surface area contributed by atoms with Gasteiger partial charge in [-0.3, -0.25) is 4.79 Å². The SMILES string of the molecule is COc1ccc(C(=O)NC(C)c2ccc(F)c(F)c2)cc1F. The molecule has 0 aliphatic carbocycles. The molecular formula is C16H14F3NO2. The number of hydrogen-bond donors (Lipinski definition) is 1. The van der Waals surface area contributed by atoms with E-state index in [1.54, 1.807) is 6.92 Å². The van der Waals surface area contributed by atoms with Crippen LogP contribution >= 0.6 is 0 Å². The van der Waals surface area contributed by atoms with Crippen molar-refractivity contribution in [2.24, 2.45) is 0 Å². The fraction of sp³-hybridized carbons (Fsp3) is 0.188. The topological polar surface area (TPSA) is 38.3 Å². The smallest absolute Gasteiger partial charge is 0.251 e. The van der Waals surface area contributed by atoms with Crippen molar-refractivity contribution in [3.8, 4) is 5.75 Å². The Morgan fingerprint density at radius 3 is 2.36 bits per heavy atom. The second-order valence-corrected chi connectivity index (χ2v) is 4.72. The minimum Gasteiger partial charge on any atom is -0.494 e. The van der Waals surface area contributed by atoms with Gasteiger partial charge in [0.15, 0.2) is 23.2 Å². The molecule has 0 aliphatic heterocycles. The number of ether oxygens (including phenoxy) is 1. The number of carbonyl (C=O) groups is 1. The van der Waals surface area contributed by atoms with Gasteiger partial charge in [0.05, 0.1) is 13.2 Å². The van der Waals surface area contributed by atoms with Crippen LogP contribution in [0.25, 0.3) is 0 Å². The monoisotopic (exact) mass is 309 g/mol. The van der Waals surface area contributed by atoms with E-state index in [2.05, 4.69) is 5.32 Å². The second-order valence-electron chi connectivity index (χ2n) is 4.72. The third kappa shape index (κ3) is 3.39. The van der Waals surface area contributed by atoms with Crippen LogP contribution in [0.4, 0.5) is 13.2 Å². The van der Waals surface area contributed by atoms with Crippen LogP contribution in [-0.4, -0.2) is 13.0 Å². The molecule has 0 saturated heterocycles. The Hall–Kier alpha value is -2.50. The van der Waals surface area contributed by atoms with Crippen LogP contribution in [0, 0.1) is 17.5 Å². The molecule has 2 aromatic rings. The molecule has 6 heteroatoms. The second kappa shape index (κ2) is 6.51. The average Bonchev–Trinajstić information content (AvgIpc) is 2.49. The molecule has 2 rings (SSSR count). The highest BCUT2D eigenvalue weighted by molar-refractivity contribution is 5.94. The summed E-state index contributed by atoms with van der Waals surface area (Å²) in [6.45, 7) is 1.62. The molecule has 1 atom stereocenters. The van der Waals surface area contributed by atoms with Gasteiger partial charge in [0.25, 0.3) is 5.91 Å². The molecule has 0 fully saturated rings. The van der Waals surface area contributed by atoms with E-state index in [4.69, 9.17) is 4.74 Å². The van der Waals surface area contributed by atoms with Gasteiger partial charge in [0.2, 0.25) is 0 Å². The maximum absolute atomic E-state index is 13.6. The summed E-state index contributed by atoms with van der Waals surface area (Å²) in [6.07, 6.45) is 0. The van der Waals surface area contributed by atoms with Crippen LogP contribution in [0.2, 0.25) is 0 Å². The van der Waals surface area contributed by atoms with Crippen LogP contribution in [0.5, 0.6) is 5.75 Å². The first-order valence-electron chi connectivity index (χ1n) is 6.51. The van der Waals surface area contributed by atoms with Crippen molar-refractivity contribution in [3.05, 3.63) is 65.0 Å². The molecule has 0 spiro atoms. The van der Waals surface area contributed by atoms with E-state index >= 15 is 0 Å². The number of halogens is 3. The molecule has 0 bridgehead atoms. The molecule has 22 heavy (non-hydrogen) atoms. The highest BCUT2D eigenvalue weighted by Gasteiger charge is 2.15. The van der Waals surface area contributed by atoms with E-state index < -0.39 is 29.4 Å². The van der Waals surface area contributed by atoms with Crippen LogP contribution in [0.15, 0.2) is 36.4 Å². The predicted octanol–water partition coefficient (Wildman–Crippen LogP) is 3.60. The minimum absolute atomic E-state index is 0.0326. The predicted molar refractivity (Wildman–Crippen MR) is 75.2 cm³/mol. The minimum atomic E-state index is -0.992. The third-order valence-electron chi connectivity index (χ3n) is 3.21. The normalized spacial score (nSPS) is 11.9. The largest absolute Gasteiger partial charge is 0.494 e. The quantitative estimate of drug-likeness (QED) is 0.937. The maximum atomic E-state index is 13.6. The molecule has 0 saturated carbocycles. The summed E-state index contributed by atoms with van der Waals surface area (Å²) in [5.74, 6) is -3.10. The van der Waals surface area contributed by atoms with E-state index in [1.165, 1.54) is 25.3 Å². The Bertz CT molecular complexity index is 704. The molecule has 1 amide bonds. The van der Waals surface area contributed by atoms with Crippen molar-refractivity contribution < 1.29 is 22.7 Å². The Morgan fingerprint density at radius 1 is 1.05 bits per heavy atom. The van der Waals surface area contributed by atoms with Gasteiger partial charge in [-0.25, -0.2) is 13.2 Å². The number of nitrogens with one attached hydrogen (secondary N) is 1. The summed E-state index contributed by atoms with van der Waals surface area (Å²) in [4.78, 5) is 12.0. The fourth-order valence-corrected chi connectivity index (χ4v) is 1.95. The Labute approximate surface area is 125 Å². The van der Waals surface area contributed by atoms with Crippen molar-refractivity contribution in [3.63, 3.8) is 0 Å². The van der Waals surface area contributed by atoms with Crippen molar-refractivity contribution in [2.75, 3.05) is 7.11 Å². The molecule has 1 N–H and O–H groups in total. The Morgan fingerprint density at radius 2 is 1.77 bits per heavy atom. The Kier molecular flexibility index (Phi) is 4.70. The number of methoxy groups -OCH3 is 1. The zero-order chi connectivity index (χ0) is 16.3. The van der Waals surface area contributed by atoms with E-state index in [1.807, 2.05) is 0 Å². The number of carbonyl (C=O) groups excluding carboxylic acids is 1. The highest BCUT2D eigenvalue weighted by atomic mass is 19.2. The molecule has 0 aliphatic rings.